The highest BCUT2D eigenvalue weighted by Crippen LogP contribution is 2.42. The van der Waals surface area contributed by atoms with Crippen LogP contribution in [0.25, 0.3) is 16.6 Å². The van der Waals surface area contributed by atoms with E-state index in [-0.39, 0.29) is 33.5 Å². The largest absolute Gasteiger partial charge is 0.480 e. The maximum atomic E-state index is 14.6. The van der Waals surface area contributed by atoms with Gasteiger partial charge in [0.1, 0.15) is 11.9 Å². The van der Waals surface area contributed by atoms with E-state index < -0.39 is 24.3 Å². The van der Waals surface area contributed by atoms with Gasteiger partial charge < -0.3 is 25.8 Å². The van der Waals surface area contributed by atoms with Crippen LogP contribution in [0.15, 0.2) is 54.7 Å². The van der Waals surface area contributed by atoms with Crippen molar-refractivity contribution < 1.29 is 27.8 Å². The predicted molar refractivity (Wildman–Crippen MR) is 150 cm³/mol. The Labute approximate surface area is 243 Å². The van der Waals surface area contributed by atoms with E-state index in [4.69, 9.17) is 22.1 Å². The summed E-state index contributed by atoms with van der Waals surface area (Å²) in [5, 5.41) is 17.7. The van der Waals surface area contributed by atoms with Crippen molar-refractivity contribution in [1.82, 2.24) is 25.1 Å². The number of alkyl halides is 3. The van der Waals surface area contributed by atoms with Crippen molar-refractivity contribution in [3.63, 3.8) is 0 Å². The number of hydrogen-bond acceptors (Lipinski definition) is 8. The number of halogens is 4. The molecule has 2 aromatic heterocycles. The number of para-hydroxylation sites is 1. The number of nitrogens with two attached hydrogens (primary N) is 1. The molecule has 2 saturated heterocycles. The number of aliphatic carboxylic acids is 1. The zero-order valence-corrected chi connectivity index (χ0v) is 22.9. The Morgan fingerprint density at radius 3 is 2.64 bits per heavy atom. The minimum atomic E-state index is -4.83. The van der Waals surface area contributed by atoms with E-state index >= 15 is 0 Å². The second-order valence-corrected chi connectivity index (χ2v) is 11.2. The van der Waals surface area contributed by atoms with Crippen LogP contribution in [0.4, 0.5) is 24.9 Å². The van der Waals surface area contributed by atoms with Crippen LogP contribution in [0.2, 0.25) is 5.02 Å². The summed E-state index contributed by atoms with van der Waals surface area (Å²) in [6.45, 7) is 1.65. The molecule has 1 spiro atoms. The van der Waals surface area contributed by atoms with Gasteiger partial charge in [-0.05, 0) is 42.9 Å². The molecule has 0 radical (unpaired) electrons. The lowest BCUT2D eigenvalue weighted by Gasteiger charge is -2.39. The Morgan fingerprint density at radius 2 is 1.93 bits per heavy atom. The average molecular weight is 602 g/mol. The molecule has 2 aliphatic rings. The van der Waals surface area contributed by atoms with Crippen molar-refractivity contribution in [2.24, 2.45) is 5.41 Å². The molecular formula is C28H27ClF3N7O3. The fourth-order valence-electron chi connectivity index (χ4n) is 5.85. The summed E-state index contributed by atoms with van der Waals surface area (Å²) in [5.41, 5.74) is 6.28. The number of benzene rings is 2. The van der Waals surface area contributed by atoms with Gasteiger partial charge in [-0.2, -0.15) is 28.2 Å². The Hall–Kier alpha value is -4.10. The fraction of sp³-hybridized carbons (Fsp3) is 0.357. The number of carboxylic acids is 1. The quantitative estimate of drug-likeness (QED) is 0.286. The van der Waals surface area contributed by atoms with E-state index in [9.17, 15) is 23.1 Å². The summed E-state index contributed by atoms with van der Waals surface area (Å²) < 4.78 is 50.8. The molecule has 14 heteroatoms. The number of rotatable bonds is 6. The molecule has 0 aliphatic carbocycles. The van der Waals surface area contributed by atoms with E-state index in [0.717, 1.165) is 5.39 Å². The summed E-state index contributed by atoms with van der Waals surface area (Å²) in [6.07, 6.45) is -3.77. The first-order chi connectivity index (χ1) is 20.0. The van der Waals surface area contributed by atoms with Crippen LogP contribution < -0.4 is 20.7 Å². The van der Waals surface area contributed by atoms with Gasteiger partial charge in [0, 0.05) is 41.7 Å². The molecule has 220 valence electrons. The third kappa shape index (κ3) is 5.41. The number of anilines is 2. The standard InChI is InChI=1S/C28H27ClF3N7O3/c29-17-5-6-18(21(11-17)39-20-4-2-1-3-16(20)14-35-39)24(28(30,31)32)42-23-12-22(36-26(33)37-23)38-9-7-27(8-10-38)13-19(25(40)41)34-15-27/h1-6,11-12,14,19,24,34H,7-10,13,15H2,(H,40,41)(H2,33,36,37)/t19-,24+/m0/s1. The highest BCUT2D eigenvalue weighted by molar-refractivity contribution is 6.30. The van der Waals surface area contributed by atoms with Gasteiger partial charge in [-0.15, -0.1) is 0 Å². The van der Waals surface area contributed by atoms with Gasteiger partial charge in [0.25, 0.3) is 0 Å². The second kappa shape index (κ2) is 10.6. The Morgan fingerprint density at radius 1 is 1.17 bits per heavy atom. The first-order valence-corrected chi connectivity index (χ1v) is 13.7. The van der Waals surface area contributed by atoms with Crippen LogP contribution in [-0.2, 0) is 4.79 Å². The molecule has 2 fully saturated rings. The molecule has 2 aromatic carbocycles. The van der Waals surface area contributed by atoms with Gasteiger partial charge in [0.05, 0.1) is 17.4 Å². The smallest absolute Gasteiger partial charge is 0.429 e. The third-order valence-electron chi connectivity index (χ3n) is 8.03. The van der Waals surface area contributed by atoms with Gasteiger partial charge in [-0.1, -0.05) is 35.9 Å². The first-order valence-electron chi connectivity index (χ1n) is 13.3. The number of ether oxygens (including phenoxy) is 1. The highest BCUT2D eigenvalue weighted by atomic mass is 35.5. The highest BCUT2D eigenvalue weighted by Gasteiger charge is 2.46. The molecule has 4 aromatic rings. The lowest BCUT2D eigenvalue weighted by Crippen LogP contribution is -2.41. The summed E-state index contributed by atoms with van der Waals surface area (Å²) in [6, 6.07) is 11.9. The molecule has 6 rings (SSSR count). The molecule has 2 atom stereocenters. The lowest BCUT2D eigenvalue weighted by molar-refractivity contribution is -0.198. The summed E-state index contributed by atoms with van der Waals surface area (Å²) in [5.74, 6) is -1.10. The van der Waals surface area contributed by atoms with Crippen molar-refractivity contribution in [2.75, 3.05) is 30.3 Å². The molecular weight excluding hydrogens is 575 g/mol. The summed E-state index contributed by atoms with van der Waals surface area (Å²) >= 11 is 6.22. The van der Waals surface area contributed by atoms with Crippen LogP contribution >= 0.6 is 11.6 Å². The minimum absolute atomic E-state index is 0.111. The van der Waals surface area contributed by atoms with Crippen LogP contribution in [-0.4, -0.2) is 62.7 Å². The Bertz CT molecular complexity index is 1640. The van der Waals surface area contributed by atoms with E-state index in [1.165, 1.54) is 28.9 Å². The maximum Gasteiger partial charge on any atom is 0.429 e. The zero-order valence-electron chi connectivity index (χ0n) is 22.2. The number of nitrogen functional groups attached to an aromatic ring is 1. The number of carbonyl (C=O) groups is 1. The van der Waals surface area contributed by atoms with Crippen LogP contribution in [0.3, 0.4) is 0 Å². The molecule has 0 unspecified atom stereocenters. The van der Waals surface area contributed by atoms with E-state index in [2.05, 4.69) is 20.4 Å². The predicted octanol–water partition coefficient (Wildman–Crippen LogP) is 4.77. The van der Waals surface area contributed by atoms with Crippen molar-refractivity contribution in [3.05, 3.63) is 65.3 Å². The van der Waals surface area contributed by atoms with Gasteiger partial charge >= 0.3 is 12.1 Å². The topological polar surface area (TPSA) is 131 Å². The van der Waals surface area contributed by atoms with Crippen molar-refractivity contribution in [2.45, 2.75) is 37.6 Å². The molecule has 0 amide bonds. The Balaban J connectivity index is 1.29. The van der Waals surface area contributed by atoms with E-state index in [1.54, 1.807) is 18.3 Å². The van der Waals surface area contributed by atoms with Crippen molar-refractivity contribution in [3.8, 4) is 11.6 Å². The maximum absolute atomic E-state index is 14.6. The van der Waals surface area contributed by atoms with E-state index in [1.807, 2.05) is 17.0 Å². The molecule has 2 aliphatic heterocycles. The molecule has 4 heterocycles. The SMILES string of the molecule is Nc1nc(O[C@H](c2ccc(Cl)cc2-n2ncc3ccccc32)C(F)(F)F)cc(N2CCC3(CC2)CN[C@H](C(=O)O)C3)n1. The van der Waals surface area contributed by atoms with Crippen molar-refractivity contribution >= 4 is 40.2 Å². The summed E-state index contributed by atoms with van der Waals surface area (Å²) in [4.78, 5) is 21.5. The van der Waals surface area contributed by atoms with Crippen LogP contribution in [0.1, 0.15) is 30.9 Å². The third-order valence-corrected chi connectivity index (χ3v) is 8.26. The summed E-state index contributed by atoms with van der Waals surface area (Å²) in [7, 11) is 0. The second-order valence-electron chi connectivity index (χ2n) is 10.7. The molecule has 10 nitrogen and oxygen atoms in total. The molecule has 0 saturated carbocycles. The van der Waals surface area contributed by atoms with Gasteiger partial charge in [-0.3, -0.25) is 4.79 Å². The Kier molecular flexibility index (Phi) is 7.09. The minimum Gasteiger partial charge on any atom is -0.480 e. The number of aromatic nitrogens is 4. The lowest BCUT2D eigenvalue weighted by atomic mass is 9.76. The van der Waals surface area contributed by atoms with Gasteiger partial charge in [0.15, 0.2) is 0 Å². The normalized spacial score (nSPS) is 19.3. The zero-order chi connectivity index (χ0) is 29.6. The monoisotopic (exact) mass is 601 g/mol. The number of piperidine rings is 1. The number of fused-ring (bicyclic) bond motifs is 1. The van der Waals surface area contributed by atoms with Crippen molar-refractivity contribution in [1.29, 1.82) is 0 Å². The number of hydrogen-bond donors (Lipinski definition) is 3. The van der Waals surface area contributed by atoms with Gasteiger partial charge in [-0.25, -0.2) is 4.68 Å². The number of nitrogens with zero attached hydrogens (tertiary/aromatic N) is 5. The van der Waals surface area contributed by atoms with Crippen LogP contribution in [0.5, 0.6) is 5.88 Å². The van der Waals surface area contributed by atoms with Gasteiger partial charge in [0.2, 0.25) is 17.9 Å². The fourth-order valence-corrected chi connectivity index (χ4v) is 6.01. The van der Waals surface area contributed by atoms with E-state index in [0.29, 0.717) is 50.2 Å². The molecule has 4 N–H and O–H groups in total. The molecule has 42 heavy (non-hydrogen) atoms. The number of nitrogens with one attached hydrogen (secondary N) is 1. The number of carboxylic acid groups (broad SMARTS) is 1. The first kappa shape index (κ1) is 28.0. The average Bonchev–Trinajstić information content (AvgIpc) is 3.56. The van der Waals surface area contributed by atoms with Crippen LogP contribution in [0, 0.1) is 5.41 Å². The molecule has 0 bridgehead atoms.